The van der Waals surface area contributed by atoms with E-state index in [0.29, 0.717) is 28.8 Å². The van der Waals surface area contributed by atoms with Crippen LogP contribution in [-0.4, -0.2) is 39.8 Å². The maximum atomic E-state index is 12.2. The molecular weight excluding hydrogens is 348 g/mol. The SMILES string of the molecule is COc1ccc(NC(=O)Nc2cnc(-n3cnc(C)c3C)nc2)cc1OC. The minimum Gasteiger partial charge on any atom is -0.493 e. The summed E-state index contributed by atoms with van der Waals surface area (Å²) >= 11 is 0. The highest BCUT2D eigenvalue weighted by atomic mass is 16.5. The van der Waals surface area contributed by atoms with Crippen molar-refractivity contribution in [2.45, 2.75) is 13.8 Å². The number of anilines is 2. The number of nitrogens with one attached hydrogen (secondary N) is 2. The Morgan fingerprint density at radius 1 is 0.963 bits per heavy atom. The van der Waals surface area contributed by atoms with Gasteiger partial charge in [0.2, 0.25) is 5.95 Å². The highest BCUT2D eigenvalue weighted by molar-refractivity contribution is 5.99. The van der Waals surface area contributed by atoms with Crippen molar-refractivity contribution in [1.82, 2.24) is 19.5 Å². The van der Waals surface area contributed by atoms with Gasteiger partial charge in [-0.15, -0.1) is 0 Å². The van der Waals surface area contributed by atoms with Crippen LogP contribution in [0.1, 0.15) is 11.4 Å². The number of ether oxygens (including phenoxy) is 2. The van der Waals surface area contributed by atoms with Gasteiger partial charge in [-0.1, -0.05) is 0 Å². The molecule has 0 unspecified atom stereocenters. The minimum atomic E-state index is -0.423. The Kier molecular flexibility index (Phi) is 5.20. The standard InChI is InChI=1S/C18H20N6O3/c1-11-12(2)24(10-21-11)17-19-8-14(9-20-17)23-18(25)22-13-5-6-15(26-3)16(7-13)27-4/h5-10H,1-4H3,(H2,22,23,25). The zero-order valence-electron chi connectivity index (χ0n) is 15.5. The van der Waals surface area contributed by atoms with E-state index in [9.17, 15) is 4.79 Å². The summed E-state index contributed by atoms with van der Waals surface area (Å²) < 4.78 is 12.2. The van der Waals surface area contributed by atoms with Crippen LogP contribution in [0.2, 0.25) is 0 Å². The third kappa shape index (κ3) is 3.97. The first kappa shape index (κ1) is 18.2. The van der Waals surface area contributed by atoms with E-state index in [2.05, 4.69) is 25.6 Å². The summed E-state index contributed by atoms with van der Waals surface area (Å²) in [5, 5.41) is 5.40. The number of carbonyl (C=O) groups is 1. The number of methoxy groups -OCH3 is 2. The number of amides is 2. The second-order valence-electron chi connectivity index (χ2n) is 5.71. The number of aromatic nitrogens is 4. The zero-order chi connectivity index (χ0) is 19.4. The lowest BCUT2D eigenvalue weighted by atomic mass is 10.3. The van der Waals surface area contributed by atoms with Gasteiger partial charge in [-0.05, 0) is 26.0 Å². The molecule has 140 valence electrons. The van der Waals surface area contributed by atoms with Gasteiger partial charge in [-0.25, -0.2) is 19.7 Å². The first-order valence-corrected chi connectivity index (χ1v) is 8.15. The Morgan fingerprint density at radius 3 is 2.22 bits per heavy atom. The molecule has 9 heteroatoms. The van der Waals surface area contributed by atoms with Crippen LogP contribution < -0.4 is 20.1 Å². The summed E-state index contributed by atoms with van der Waals surface area (Å²) in [6, 6.07) is 4.67. The lowest BCUT2D eigenvalue weighted by Crippen LogP contribution is -2.19. The number of benzene rings is 1. The van der Waals surface area contributed by atoms with E-state index < -0.39 is 6.03 Å². The predicted octanol–water partition coefficient (Wildman–Crippen LogP) is 2.94. The van der Waals surface area contributed by atoms with Crippen molar-refractivity contribution >= 4 is 17.4 Å². The van der Waals surface area contributed by atoms with Gasteiger partial charge >= 0.3 is 6.03 Å². The summed E-state index contributed by atoms with van der Waals surface area (Å²) in [6.45, 7) is 3.86. The fourth-order valence-electron chi connectivity index (χ4n) is 2.42. The predicted molar refractivity (Wildman–Crippen MR) is 101 cm³/mol. The number of imidazole rings is 1. The summed E-state index contributed by atoms with van der Waals surface area (Å²) in [5.74, 6) is 1.59. The largest absolute Gasteiger partial charge is 0.493 e. The molecular formula is C18H20N6O3. The lowest BCUT2D eigenvalue weighted by molar-refractivity contribution is 0.262. The monoisotopic (exact) mass is 368 g/mol. The van der Waals surface area contributed by atoms with Crippen molar-refractivity contribution in [3.63, 3.8) is 0 Å². The molecule has 0 aliphatic rings. The number of rotatable bonds is 5. The van der Waals surface area contributed by atoms with Crippen LogP contribution in [0.4, 0.5) is 16.2 Å². The van der Waals surface area contributed by atoms with E-state index in [1.807, 2.05) is 13.8 Å². The number of aryl methyl sites for hydroxylation is 1. The molecule has 27 heavy (non-hydrogen) atoms. The van der Waals surface area contributed by atoms with Crippen LogP contribution in [-0.2, 0) is 0 Å². The Hall–Kier alpha value is -3.62. The molecule has 9 nitrogen and oxygen atoms in total. The Bertz CT molecular complexity index is 952. The average molecular weight is 368 g/mol. The maximum Gasteiger partial charge on any atom is 0.323 e. The van der Waals surface area contributed by atoms with Gasteiger partial charge in [0.15, 0.2) is 11.5 Å². The smallest absolute Gasteiger partial charge is 0.323 e. The summed E-state index contributed by atoms with van der Waals surface area (Å²) in [4.78, 5) is 24.9. The highest BCUT2D eigenvalue weighted by Crippen LogP contribution is 2.29. The van der Waals surface area contributed by atoms with E-state index in [1.54, 1.807) is 36.2 Å². The molecule has 0 spiro atoms. The van der Waals surface area contributed by atoms with Gasteiger partial charge in [0.1, 0.15) is 6.33 Å². The second kappa shape index (κ2) is 7.73. The van der Waals surface area contributed by atoms with Crippen LogP contribution in [0.5, 0.6) is 11.5 Å². The van der Waals surface area contributed by atoms with Gasteiger partial charge in [0.25, 0.3) is 0 Å². The number of hydrogen-bond donors (Lipinski definition) is 2. The van der Waals surface area contributed by atoms with Crippen LogP contribution in [0, 0.1) is 13.8 Å². The second-order valence-corrected chi connectivity index (χ2v) is 5.71. The van der Waals surface area contributed by atoms with E-state index in [1.165, 1.54) is 19.5 Å². The molecule has 2 heterocycles. The van der Waals surface area contributed by atoms with Crippen molar-refractivity contribution in [1.29, 1.82) is 0 Å². The number of carbonyl (C=O) groups excluding carboxylic acids is 1. The average Bonchev–Trinajstić information content (AvgIpc) is 3.01. The van der Waals surface area contributed by atoms with Crippen LogP contribution in [0.15, 0.2) is 36.9 Å². The molecule has 0 bridgehead atoms. The van der Waals surface area contributed by atoms with Crippen molar-refractivity contribution in [3.05, 3.63) is 48.3 Å². The minimum absolute atomic E-state index is 0.423. The van der Waals surface area contributed by atoms with Gasteiger partial charge in [-0.2, -0.15) is 0 Å². The Morgan fingerprint density at radius 2 is 1.63 bits per heavy atom. The van der Waals surface area contributed by atoms with Gasteiger partial charge in [-0.3, -0.25) is 4.57 Å². The van der Waals surface area contributed by atoms with E-state index in [-0.39, 0.29) is 0 Å². The Balaban J connectivity index is 1.67. The van der Waals surface area contributed by atoms with Crippen LogP contribution in [0.3, 0.4) is 0 Å². The lowest BCUT2D eigenvalue weighted by Gasteiger charge is -2.11. The van der Waals surface area contributed by atoms with Gasteiger partial charge in [0.05, 0.1) is 38.0 Å². The number of urea groups is 1. The van der Waals surface area contributed by atoms with Crippen molar-refractivity contribution < 1.29 is 14.3 Å². The molecule has 0 saturated carbocycles. The molecule has 0 saturated heterocycles. The molecule has 0 aliphatic carbocycles. The van der Waals surface area contributed by atoms with E-state index >= 15 is 0 Å². The Labute approximate surface area is 156 Å². The fraction of sp³-hybridized carbons (Fsp3) is 0.222. The molecule has 3 rings (SSSR count). The quantitative estimate of drug-likeness (QED) is 0.718. The molecule has 2 aromatic heterocycles. The highest BCUT2D eigenvalue weighted by Gasteiger charge is 2.10. The van der Waals surface area contributed by atoms with Gasteiger partial charge in [0, 0.05) is 17.4 Å². The normalized spacial score (nSPS) is 10.4. The molecule has 3 aromatic rings. The van der Waals surface area contributed by atoms with Crippen molar-refractivity contribution in [2.24, 2.45) is 0 Å². The number of nitrogens with zero attached hydrogens (tertiary/aromatic N) is 4. The first-order chi connectivity index (χ1) is 13.0. The fourth-order valence-corrected chi connectivity index (χ4v) is 2.42. The van der Waals surface area contributed by atoms with Crippen LogP contribution in [0.25, 0.3) is 5.95 Å². The molecule has 0 aliphatic heterocycles. The molecule has 0 atom stereocenters. The topological polar surface area (TPSA) is 103 Å². The van der Waals surface area contributed by atoms with E-state index in [4.69, 9.17) is 9.47 Å². The summed E-state index contributed by atoms with van der Waals surface area (Å²) in [6.07, 6.45) is 4.73. The molecule has 0 fully saturated rings. The number of hydrogen-bond acceptors (Lipinski definition) is 6. The first-order valence-electron chi connectivity index (χ1n) is 8.15. The van der Waals surface area contributed by atoms with Crippen molar-refractivity contribution in [2.75, 3.05) is 24.9 Å². The molecule has 2 amide bonds. The molecule has 1 aromatic carbocycles. The zero-order valence-corrected chi connectivity index (χ0v) is 15.5. The van der Waals surface area contributed by atoms with Gasteiger partial charge < -0.3 is 20.1 Å². The third-order valence-electron chi connectivity index (χ3n) is 4.00. The maximum absolute atomic E-state index is 12.2. The third-order valence-corrected chi connectivity index (χ3v) is 4.00. The van der Waals surface area contributed by atoms with Crippen LogP contribution >= 0.6 is 0 Å². The molecule has 0 radical (unpaired) electrons. The summed E-state index contributed by atoms with van der Waals surface area (Å²) in [5.41, 5.74) is 2.90. The molecule has 2 N–H and O–H groups in total. The summed E-state index contributed by atoms with van der Waals surface area (Å²) in [7, 11) is 3.08. The van der Waals surface area contributed by atoms with E-state index in [0.717, 1.165) is 11.4 Å². The van der Waals surface area contributed by atoms with Crippen molar-refractivity contribution in [3.8, 4) is 17.4 Å².